The van der Waals surface area contributed by atoms with Crippen LogP contribution in [0.4, 0.5) is 10.1 Å². The molecule has 0 aromatic heterocycles. The van der Waals surface area contributed by atoms with Gasteiger partial charge in [-0.15, -0.1) is 0 Å². The maximum atomic E-state index is 13.0. The summed E-state index contributed by atoms with van der Waals surface area (Å²) >= 11 is 2.64. The summed E-state index contributed by atoms with van der Waals surface area (Å²) in [5.74, 6) is -1.13. The fraction of sp³-hybridized carbons (Fsp3) is 0. The summed E-state index contributed by atoms with van der Waals surface area (Å²) in [6, 6.07) is 1.44. The van der Waals surface area contributed by atoms with Gasteiger partial charge >= 0.3 is 0 Å². The van der Waals surface area contributed by atoms with Crippen molar-refractivity contribution in [2.45, 2.75) is 4.90 Å². The van der Waals surface area contributed by atoms with Gasteiger partial charge < -0.3 is 4.55 Å². The monoisotopic (exact) mass is 239 g/mol. The van der Waals surface area contributed by atoms with Crippen LogP contribution in [-0.2, 0) is 11.1 Å². The predicted octanol–water partition coefficient (Wildman–Crippen LogP) is 1.97. The molecule has 1 atom stereocenters. The smallest absolute Gasteiger partial charge is 0.272 e. The summed E-state index contributed by atoms with van der Waals surface area (Å²) < 4.78 is 32.1. The van der Waals surface area contributed by atoms with Crippen LogP contribution >= 0.6 is 11.6 Å². The molecular formula is C6H3ClFNO4S. The molecule has 0 amide bonds. The van der Waals surface area contributed by atoms with Crippen LogP contribution in [0.5, 0.6) is 0 Å². The van der Waals surface area contributed by atoms with Gasteiger partial charge in [-0.1, -0.05) is 11.6 Å². The number of nitrogens with zero attached hydrogens (tertiary/aromatic N) is 1. The van der Waals surface area contributed by atoms with E-state index >= 15 is 0 Å². The van der Waals surface area contributed by atoms with Gasteiger partial charge in [-0.25, -0.2) is 8.60 Å². The highest BCUT2D eigenvalue weighted by Gasteiger charge is 2.18. The van der Waals surface area contributed by atoms with Gasteiger partial charge in [-0.2, -0.15) is 0 Å². The summed E-state index contributed by atoms with van der Waals surface area (Å²) in [5, 5.41) is 9.72. The number of hydrogen-bond acceptors (Lipinski definition) is 3. The molecule has 0 bridgehead atoms. The first-order valence-electron chi connectivity index (χ1n) is 3.17. The zero-order chi connectivity index (χ0) is 10.9. The third-order valence-electron chi connectivity index (χ3n) is 1.38. The zero-order valence-corrected chi connectivity index (χ0v) is 8.01. The maximum Gasteiger partial charge on any atom is 0.272 e. The molecule has 1 aromatic rings. The van der Waals surface area contributed by atoms with E-state index in [-0.39, 0.29) is 0 Å². The average Bonchev–Trinajstić information content (AvgIpc) is 2.08. The largest absolute Gasteiger partial charge is 0.302 e. The highest BCUT2D eigenvalue weighted by molar-refractivity contribution is 7.79. The van der Waals surface area contributed by atoms with Crippen LogP contribution in [0.25, 0.3) is 0 Å². The Balaban J connectivity index is 3.43. The summed E-state index contributed by atoms with van der Waals surface area (Å²) in [6.07, 6.45) is 0. The molecule has 0 aliphatic heterocycles. The molecule has 5 nitrogen and oxygen atoms in total. The van der Waals surface area contributed by atoms with E-state index in [1.54, 1.807) is 0 Å². The molecule has 14 heavy (non-hydrogen) atoms. The maximum absolute atomic E-state index is 13.0. The van der Waals surface area contributed by atoms with E-state index in [9.17, 15) is 18.7 Å². The Morgan fingerprint density at radius 3 is 2.57 bits per heavy atom. The number of non-ortho nitro benzene ring substituents is 1. The first-order chi connectivity index (χ1) is 6.43. The molecular weight excluding hydrogens is 237 g/mol. The lowest BCUT2D eigenvalue weighted by atomic mass is 10.3. The van der Waals surface area contributed by atoms with Gasteiger partial charge in [-0.3, -0.25) is 10.1 Å². The van der Waals surface area contributed by atoms with Crippen LogP contribution in [0.2, 0.25) is 5.02 Å². The van der Waals surface area contributed by atoms with Crippen molar-refractivity contribution in [3.63, 3.8) is 0 Å². The van der Waals surface area contributed by atoms with Crippen molar-refractivity contribution in [2.75, 3.05) is 0 Å². The van der Waals surface area contributed by atoms with Crippen molar-refractivity contribution in [3.05, 3.63) is 33.1 Å². The number of hydrogen-bond donors (Lipinski definition) is 1. The van der Waals surface area contributed by atoms with Crippen molar-refractivity contribution >= 4 is 28.4 Å². The van der Waals surface area contributed by atoms with E-state index in [1.165, 1.54) is 0 Å². The topological polar surface area (TPSA) is 80.4 Å². The quantitative estimate of drug-likeness (QED) is 0.486. The van der Waals surface area contributed by atoms with Crippen molar-refractivity contribution in [1.82, 2.24) is 0 Å². The number of nitro benzene ring substituents is 1. The first kappa shape index (κ1) is 11.0. The Morgan fingerprint density at radius 1 is 1.57 bits per heavy atom. The van der Waals surface area contributed by atoms with Gasteiger partial charge in [0.25, 0.3) is 5.69 Å². The lowest BCUT2D eigenvalue weighted by molar-refractivity contribution is -0.385. The van der Waals surface area contributed by atoms with E-state index in [0.717, 1.165) is 6.07 Å². The van der Waals surface area contributed by atoms with E-state index in [2.05, 4.69) is 0 Å². The van der Waals surface area contributed by atoms with Crippen molar-refractivity contribution < 1.29 is 18.1 Å². The number of benzene rings is 1. The molecule has 0 aliphatic rings. The van der Waals surface area contributed by atoms with Crippen LogP contribution in [0.1, 0.15) is 0 Å². The van der Waals surface area contributed by atoms with Gasteiger partial charge in [0.2, 0.25) is 0 Å². The van der Waals surface area contributed by atoms with Gasteiger partial charge in [0, 0.05) is 12.1 Å². The second-order valence-electron chi connectivity index (χ2n) is 2.25. The predicted molar refractivity (Wildman–Crippen MR) is 47.1 cm³/mol. The molecule has 0 spiro atoms. The Morgan fingerprint density at radius 2 is 2.14 bits per heavy atom. The molecule has 0 heterocycles. The molecule has 76 valence electrons. The molecule has 0 saturated heterocycles. The molecule has 1 unspecified atom stereocenters. The summed E-state index contributed by atoms with van der Waals surface area (Å²) in [7, 11) is 0. The molecule has 0 saturated carbocycles. The van der Waals surface area contributed by atoms with Crippen molar-refractivity contribution in [2.24, 2.45) is 0 Å². The number of nitro groups is 1. The van der Waals surface area contributed by atoms with Crippen LogP contribution in [0, 0.1) is 15.9 Å². The Bertz CT molecular complexity index is 425. The minimum absolute atomic E-state index is 0.534. The minimum atomic E-state index is -2.64. The molecule has 0 fully saturated rings. The van der Waals surface area contributed by atoms with Crippen molar-refractivity contribution in [3.8, 4) is 0 Å². The number of halogens is 2. The van der Waals surface area contributed by atoms with Gasteiger partial charge in [0.15, 0.2) is 16.9 Å². The standard InChI is InChI=1S/C6H3ClFNO4S/c7-4-1-3(9(10)11)2-5(6(4)8)14(12)13/h1-2H,(H,12,13). The molecule has 0 radical (unpaired) electrons. The summed E-state index contributed by atoms with van der Waals surface area (Å²) in [6.45, 7) is 0. The molecule has 8 heteroatoms. The summed E-state index contributed by atoms with van der Waals surface area (Å²) in [4.78, 5) is 8.75. The third-order valence-corrected chi connectivity index (χ3v) is 2.33. The lowest BCUT2D eigenvalue weighted by Gasteiger charge is -1.99. The van der Waals surface area contributed by atoms with Crippen molar-refractivity contribution in [1.29, 1.82) is 0 Å². The van der Waals surface area contributed by atoms with Crippen LogP contribution < -0.4 is 0 Å². The van der Waals surface area contributed by atoms with E-state index < -0.39 is 37.4 Å². The lowest BCUT2D eigenvalue weighted by Crippen LogP contribution is -1.97. The van der Waals surface area contributed by atoms with E-state index in [1.807, 2.05) is 0 Å². The molecule has 0 aliphatic carbocycles. The molecule has 1 rings (SSSR count). The van der Waals surface area contributed by atoms with E-state index in [0.29, 0.717) is 6.07 Å². The Kier molecular flexibility index (Phi) is 3.14. The number of rotatable bonds is 2. The average molecular weight is 240 g/mol. The van der Waals surface area contributed by atoms with Gasteiger partial charge in [0.05, 0.1) is 9.95 Å². The van der Waals surface area contributed by atoms with Crippen LogP contribution in [0.3, 0.4) is 0 Å². The van der Waals surface area contributed by atoms with Crippen LogP contribution in [0.15, 0.2) is 17.0 Å². The zero-order valence-electron chi connectivity index (χ0n) is 6.44. The minimum Gasteiger partial charge on any atom is -0.302 e. The Labute approximate surface area is 84.9 Å². The Hall–Kier alpha value is -1.05. The summed E-state index contributed by atoms with van der Waals surface area (Å²) in [5.41, 5.74) is -0.534. The second-order valence-corrected chi connectivity index (χ2v) is 3.59. The van der Waals surface area contributed by atoms with Crippen LogP contribution in [-0.4, -0.2) is 13.7 Å². The third kappa shape index (κ3) is 2.06. The normalized spacial score (nSPS) is 12.5. The fourth-order valence-corrected chi connectivity index (χ4v) is 1.54. The highest BCUT2D eigenvalue weighted by Crippen LogP contribution is 2.26. The highest BCUT2D eigenvalue weighted by atomic mass is 35.5. The SMILES string of the molecule is O=[N+]([O-])c1cc(Cl)c(F)c(S(=O)O)c1. The first-order valence-corrected chi connectivity index (χ1v) is 4.66. The second kappa shape index (κ2) is 3.99. The molecule has 1 N–H and O–H groups in total. The fourth-order valence-electron chi connectivity index (χ4n) is 0.783. The van der Waals surface area contributed by atoms with E-state index in [4.69, 9.17) is 16.2 Å². The molecule has 1 aromatic carbocycles. The van der Waals surface area contributed by atoms with Gasteiger partial charge in [0.1, 0.15) is 4.90 Å². The van der Waals surface area contributed by atoms with Gasteiger partial charge in [-0.05, 0) is 0 Å².